The van der Waals surface area contributed by atoms with Gasteiger partial charge in [0.2, 0.25) is 0 Å². The zero-order chi connectivity index (χ0) is 15.8. The Morgan fingerprint density at radius 3 is 2.87 bits per heavy atom. The van der Waals surface area contributed by atoms with E-state index in [1.807, 2.05) is 12.1 Å². The first-order valence-corrected chi connectivity index (χ1v) is 7.82. The van der Waals surface area contributed by atoms with E-state index in [1.54, 1.807) is 29.9 Å². The van der Waals surface area contributed by atoms with Gasteiger partial charge in [-0.15, -0.1) is 11.3 Å². The largest absolute Gasteiger partial charge is 0.327 e. The fourth-order valence-corrected chi connectivity index (χ4v) is 3.27. The summed E-state index contributed by atoms with van der Waals surface area (Å²) in [4.78, 5) is 22.2. The third-order valence-corrected chi connectivity index (χ3v) is 4.50. The molecule has 3 heterocycles. The number of carbonyl (C=O) groups is 1. The van der Waals surface area contributed by atoms with Gasteiger partial charge < -0.3 is 5.32 Å². The van der Waals surface area contributed by atoms with Gasteiger partial charge in [0, 0.05) is 28.9 Å². The number of anilines is 2. The number of benzene rings is 1. The Labute approximate surface area is 135 Å². The van der Waals surface area contributed by atoms with Crippen LogP contribution in [0.2, 0.25) is 0 Å². The number of thiazole rings is 1. The summed E-state index contributed by atoms with van der Waals surface area (Å²) in [6.07, 6.45) is 3.38. The van der Waals surface area contributed by atoms with Crippen LogP contribution in [0, 0.1) is 5.82 Å². The SMILES string of the molecule is O=C1Nc2cccc(F)c2CN1c1csc(-c2ccncc2)n1. The highest BCUT2D eigenvalue weighted by atomic mass is 32.1. The molecule has 3 aromatic rings. The number of urea groups is 1. The highest BCUT2D eigenvalue weighted by molar-refractivity contribution is 7.13. The predicted octanol–water partition coefficient (Wildman–Crippen LogP) is 3.90. The third kappa shape index (κ3) is 2.44. The van der Waals surface area contributed by atoms with Gasteiger partial charge in [-0.05, 0) is 24.3 Å². The number of nitrogens with one attached hydrogen (secondary N) is 1. The van der Waals surface area contributed by atoms with Crippen molar-refractivity contribution >= 4 is 28.9 Å². The molecule has 0 saturated carbocycles. The lowest BCUT2D eigenvalue weighted by molar-refractivity contribution is 0.255. The lowest BCUT2D eigenvalue weighted by atomic mass is 10.1. The topological polar surface area (TPSA) is 58.1 Å². The number of carbonyl (C=O) groups excluding carboxylic acids is 1. The van der Waals surface area contributed by atoms with E-state index in [-0.39, 0.29) is 18.4 Å². The standard InChI is InChI=1S/C16H11FN4OS/c17-12-2-1-3-13-11(12)8-21(16(22)19-13)14-9-23-15(20-14)10-4-6-18-7-5-10/h1-7,9H,8H2,(H,19,22). The molecule has 0 radical (unpaired) electrons. The molecule has 0 unspecified atom stereocenters. The lowest BCUT2D eigenvalue weighted by Gasteiger charge is -2.27. The Morgan fingerprint density at radius 1 is 1.22 bits per heavy atom. The van der Waals surface area contributed by atoms with Crippen LogP contribution in [0.4, 0.5) is 20.7 Å². The van der Waals surface area contributed by atoms with E-state index in [2.05, 4.69) is 15.3 Å². The molecule has 7 heteroatoms. The monoisotopic (exact) mass is 326 g/mol. The second kappa shape index (κ2) is 5.44. The molecular weight excluding hydrogens is 315 g/mol. The third-order valence-electron chi connectivity index (χ3n) is 3.62. The molecule has 0 saturated heterocycles. The van der Waals surface area contributed by atoms with Crippen molar-refractivity contribution in [1.29, 1.82) is 0 Å². The van der Waals surface area contributed by atoms with Crippen LogP contribution in [0.3, 0.4) is 0 Å². The van der Waals surface area contributed by atoms with Crippen molar-refractivity contribution in [2.45, 2.75) is 6.54 Å². The molecule has 114 valence electrons. The average molecular weight is 326 g/mol. The Balaban J connectivity index is 1.68. The number of nitrogens with zero attached hydrogens (tertiary/aromatic N) is 3. The van der Waals surface area contributed by atoms with Crippen molar-refractivity contribution in [1.82, 2.24) is 9.97 Å². The van der Waals surface area contributed by atoms with Crippen molar-refractivity contribution in [2.24, 2.45) is 0 Å². The maximum absolute atomic E-state index is 14.0. The zero-order valence-electron chi connectivity index (χ0n) is 11.9. The van der Waals surface area contributed by atoms with Gasteiger partial charge in [-0.3, -0.25) is 9.88 Å². The van der Waals surface area contributed by atoms with Gasteiger partial charge in [-0.2, -0.15) is 0 Å². The smallest absolute Gasteiger partial charge is 0.307 e. The molecule has 2 aromatic heterocycles. The maximum Gasteiger partial charge on any atom is 0.327 e. The van der Waals surface area contributed by atoms with E-state index in [1.165, 1.54) is 22.3 Å². The van der Waals surface area contributed by atoms with Crippen molar-refractivity contribution in [3.8, 4) is 10.6 Å². The summed E-state index contributed by atoms with van der Waals surface area (Å²) in [5.74, 6) is 0.172. The summed E-state index contributed by atoms with van der Waals surface area (Å²) >= 11 is 1.43. The van der Waals surface area contributed by atoms with Crippen molar-refractivity contribution in [2.75, 3.05) is 10.2 Å². The van der Waals surface area contributed by atoms with E-state index in [4.69, 9.17) is 0 Å². The number of rotatable bonds is 2. The first-order valence-electron chi connectivity index (χ1n) is 6.94. The molecule has 0 bridgehead atoms. The van der Waals surface area contributed by atoms with E-state index in [0.717, 1.165) is 10.6 Å². The van der Waals surface area contributed by atoms with Crippen LogP contribution in [-0.2, 0) is 6.54 Å². The van der Waals surface area contributed by atoms with E-state index >= 15 is 0 Å². The second-order valence-electron chi connectivity index (χ2n) is 5.03. The molecule has 0 spiro atoms. The minimum Gasteiger partial charge on any atom is -0.307 e. The number of fused-ring (bicyclic) bond motifs is 1. The number of amides is 2. The first kappa shape index (κ1) is 13.8. The molecule has 23 heavy (non-hydrogen) atoms. The maximum atomic E-state index is 14.0. The molecule has 4 rings (SSSR count). The van der Waals surface area contributed by atoms with Gasteiger partial charge in [0.05, 0.1) is 12.2 Å². The van der Waals surface area contributed by atoms with Gasteiger partial charge in [0.25, 0.3) is 0 Å². The molecular formula is C16H11FN4OS. The summed E-state index contributed by atoms with van der Waals surface area (Å²) < 4.78 is 14.0. The molecule has 0 aliphatic carbocycles. The number of halogens is 1. The van der Waals surface area contributed by atoms with Crippen LogP contribution in [0.5, 0.6) is 0 Å². The van der Waals surface area contributed by atoms with Crippen LogP contribution < -0.4 is 10.2 Å². The molecule has 0 fully saturated rings. The molecule has 0 atom stereocenters. The molecule has 1 N–H and O–H groups in total. The zero-order valence-corrected chi connectivity index (χ0v) is 12.7. The lowest BCUT2D eigenvalue weighted by Crippen LogP contribution is -2.39. The fraction of sp³-hybridized carbons (Fsp3) is 0.0625. The Morgan fingerprint density at radius 2 is 2.04 bits per heavy atom. The minimum absolute atomic E-state index is 0.160. The number of aromatic nitrogens is 2. The van der Waals surface area contributed by atoms with Crippen molar-refractivity contribution in [3.05, 3.63) is 59.5 Å². The molecule has 1 aliphatic rings. The second-order valence-corrected chi connectivity index (χ2v) is 5.89. The van der Waals surface area contributed by atoms with Gasteiger partial charge in [0.15, 0.2) is 0 Å². The summed E-state index contributed by atoms with van der Waals surface area (Å²) in [6, 6.07) is 8.06. The van der Waals surface area contributed by atoms with Crippen molar-refractivity contribution < 1.29 is 9.18 Å². The van der Waals surface area contributed by atoms with E-state index in [9.17, 15) is 9.18 Å². The number of hydrogen-bond acceptors (Lipinski definition) is 4. The average Bonchev–Trinajstić information content (AvgIpc) is 3.05. The first-order chi connectivity index (χ1) is 11.2. The van der Waals surface area contributed by atoms with Crippen LogP contribution >= 0.6 is 11.3 Å². The summed E-state index contributed by atoms with van der Waals surface area (Å²) in [7, 11) is 0. The van der Waals surface area contributed by atoms with Crippen LogP contribution in [0.25, 0.3) is 10.6 Å². The molecule has 2 amide bonds. The quantitative estimate of drug-likeness (QED) is 0.777. The Kier molecular flexibility index (Phi) is 3.27. The molecule has 1 aromatic carbocycles. The van der Waals surface area contributed by atoms with E-state index in [0.29, 0.717) is 17.1 Å². The fourth-order valence-electron chi connectivity index (χ4n) is 2.45. The summed E-state index contributed by atoms with van der Waals surface area (Å²) in [6.45, 7) is 0.160. The normalized spacial score (nSPS) is 13.6. The van der Waals surface area contributed by atoms with Gasteiger partial charge in [-0.25, -0.2) is 14.2 Å². The number of pyridine rings is 1. The Bertz CT molecular complexity index is 881. The molecule has 5 nitrogen and oxygen atoms in total. The number of hydrogen-bond donors (Lipinski definition) is 1. The predicted molar refractivity (Wildman–Crippen MR) is 86.9 cm³/mol. The highest BCUT2D eigenvalue weighted by Gasteiger charge is 2.27. The molecule has 1 aliphatic heterocycles. The minimum atomic E-state index is -0.336. The summed E-state index contributed by atoms with van der Waals surface area (Å²) in [5.41, 5.74) is 1.90. The van der Waals surface area contributed by atoms with Gasteiger partial charge >= 0.3 is 6.03 Å². The Hall–Kier alpha value is -2.80. The van der Waals surface area contributed by atoms with E-state index < -0.39 is 0 Å². The summed E-state index contributed by atoms with van der Waals surface area (Å²) in [5, 5.41) is 5.28. The van der Waals surface area contributed by atoms with Gasteiger partial charge in [-0.1, -0.05) is 6.07 Å². The van der Waals surface area contributed by atoms with Crippen LogP contribution in [0.1, 0.15) is 5.56 Å². The van der Waals surface area contributed by atoms with Crippen LogP contribution in [0.15, 0.2) is 48.1 Å². The van der Waals surface area contributed by atoms with Crippen LogP contribution in [-0.4, -0.2) is 16.0 Å². The van der Waals surface area contributed by atoms with Crippen molar-refractivity contribution in [3.63, 3.8) is 0 Å². The van der Waals surface area contributed by atoms with Gasteiger partial charge in [0.1, 0.15) is 16.6 Å². The highest BCUT2D eigenvalue weighted by Crippen LogP contribution is 2.32.